The van der Waals surface area contributed by atoms with Crippen LogP contribution in [0, 0.1) is 10.1 Å². The molecular weight excluding hydrogens is 334 g/mol. The van der Waals surface area contributed by atoms with Crippen molar-refractivity contribution >= 4 is 23.2 Å². The Hall–Kier alpha value is -3.22. The zero-order chi connectivity index (χ0) is 18.7. The summed E-state index contributed by atoms with van der Waals surface area (Å²) in [5.41, 5.74) is 3.11. The first-order valence-corrected chi connectivity index (χ1v) is 8.38. The fraction of sp³-hybridized carbons (Fsp3) is 0.263. The number of aryl methyl sites for hydroxylation is 1. The van der Waals surface area contributed by atoms with Crippen LogP contribution in [0.15, 0.2) is 42.5 Å². The number of nitrogens with one attached hydrogen (secondary N) is 2. The maximum absolute atomic E-state index is 12.3. The molecule has 1 unspecified atom stereocenters. The summed E-state index contributed by atoms with van der Waals surface area (Å²) in [5, 5.41) is 16.8. The van der Waals surface area contributed by atoms with Crippen LogP contribution >= 0.6 is 0 Å². The average Bonchev–Trinajstić information content (AvgIpc) is 2.61. The molecule has 134 valence electrons. The van der Waals surface area contributed by atoms with Crippen LogP contribution in [-0.4, -0.2) is 16.7 Å². The number of anilines is 1. The standard InChI is InChI=1S/C19H19N3O4/c1-12(13-6-8-16-14(10-13)7-9-18(23)21-16)20-19(24)11-15-4-2-3-5-17(15)22(25)26/h2-6,8,10,12H,7,9,11H2,1H3,(H,20,24)(H,21,23). The van der Waals surface area contributed by atoms with Crippen molar-refractivity contribution in [1.82, 2.24) is 5.32 Å². The van der Waals surface area contributed by atoms with E-state index in [0.29, 0.717) is 18.4 Å². The molecule has 26 heavy (non-hydrogen) atoms. The Morgan fingerprint density at radius 2 is 2.04 bits per heavy atom. The molecular formula is C19H19N3O4. The zero-order valence-electron chi connectivity index (χ0n) is 14.3. The highest BCUT2D eigenvalue weighted by Crippen LogP contribution is 2.26. The number of nitro groups is 1. The molecule has 7 nitrogen and oxygen atoms in total. The van der Waals surface area contributed by atoms with Crippen LogP contribution in [0.4, 0.5) is 11.4 Å². The average molecular weight is 353 g/mol. The van der Waals surface area contributed by atoms with Crippen LogP contribution < -0.4 is 10.6 Å². The molecule has 0 saturated carbocycles. The lowest BCUT2D eigenvalue weighted by atomic mass is 9.97. The Balaban J connectivity index is 1.68. The maximum Gasteiger partial charge on any atom is 0.273 e. The summed E-state index contributed by atoms with van der Waals surface area (Å²) in [4.78, 5) is 34.3. The van der Waals surface area contributed by atoms with Gasteiger partial charge in [-0.25, -0.2) is 0 Å². The predicted octanol–water partition coefficient (Wildman–Crippen LogP) is 2.90. The second kappa shape index (κ2) is 7.35. The molecule has 2 aromatic rings. The van der Waals surface area contributed by atoms with Crippen molar-refractivity contribution in [3.05, 3.63) is 69.3 Å². The summed E-state index contributed by atoms with van der Waals surface area (Å²) in [6, 6.07) is 11.7. The van der Waals surface area contributed by atoms with Crippen molar-refractivity contribution in [2.24, 2.45) is 0 Å². The number of hydrogen-bond donors (Lipinski definition) is 2. The smallest absolute Gasteiger partial charge is 0.273 e. The first kappa shape index (κ1) is 17.6. The third-order valence-corrected chi connectivity index (χ3v) is 4.44. The van der Waals surface area contributed by atoms with E-state index >= 15 is 0 Å². The van der Waals surface area contributed by atoms with Crippen LogP contribution in [0.1, 0.15) is 36.1 Å². The first-order valence-electron chi connectivity index (χ1n) is 8.38. The Kier molecular flexibility index (Phi) is 4.97. The third-order valence-electron chi connectivity index (χ3n) is 4.44. The van der Waals surface area contributed by atoms with Crippen LogP contribution in [0.2, 0.25) is 0 Å². The Labute approximate surface area is 150 Å². The molecule has 0 aliphatic carbocycles. The highest BCUT2D eigenvalue weighted by atomic mass is 16.6. The van der Waals surface area contributed by atoms with Gasteiger partial charge in [-0.1, -0.05) is 30.3 Å². The molecule has 2 aromatic carbocycles. The third kappa shape index (κ3) is 3.88. The molecule has 0 radical (unpaired) electrons. The van der Waals surface area contributed by atoms with Crippen LogP contribution in [0.3, 0.4) is 0 Å². The number of hydrogen-bond acceptors (Lipinski definition) is 4. The van der Waals surface area contributed by atoms with Gasteiger partial charge in [-0.3, -0.25) is 19.7 Å². The fourth-order valence-corrected chi connectivity index (χ4v) is 3.06. The van der Waals surface area contributed by atoms with E-state index in [1.165, 1.54) is 6.07 Å². The van der Waals surface area contributed by atoms with Crippen molar-refractivity contribution in [3.63, 3.8) is 0 Å². The lowest BCUT2D eigenvalue weighted by Crippen LogP contribution is -2.28. The SMILES string of the molecule is CC(NC(=O)Cc1ccccc1[N+](=O)[O-])c1ccc2c(c1)CCC(=O)N2. The number of fused-ring (bicyclic) bond motifs is 1. The minimum absolute atomic E-state index is 0.0102. The molecule has 0 saturated heterocycles. The van der Waals surface area contributed by atoms with Gasteiger partial charge in [0.1, 0.15) is 0 Å². The summed E-state index contributed by atoms with van der Waals surface area (Å²) < 4.78 is 0. The molecule has 0 fully saturated rings. The van der Waals surface area contributed by atoms with Gasteiger partial charge in [0.25, 0.3) is 5.69 Å². The fourth-order valence-electron chi connectivity index (χ4n) is 3.06. The predicted molar refractivity (Wildman–Crippen MR) is 96.8 cm³/mol. The minimum atomic E-state index is -0.482. The van der Waals surface area contributed by atoms with E-state index in [-0.39, 0.29) is 30.0 Å². The highest BCUT2D eigenvalue weighted by molar-refractivity contribution is 5.93. The molecule has 0 bridgehead atoms. The van der Waals surface area contributed by atoms with E-state index in [1.807, 2.05) is 25.1 Å². The number of amides is 2. The van der Waals surface area contributed by atoms with E-state index in [4.69, 9.17) is 0 Å². The number of para-hydroxylation sites is 1. The summed E-state index contributed by atoms with van der Waals surface area (Å²) in [6.07, 6.45) is 1.07. The second-order valence-electron chi connectivity index (χ2n) is 6.32. The van der Waals surface area contributed by atoms with Crippen LogP contribution in [0.25, 0.3) is 0 Å². The lowest BCUT2D eigenvalue weighted by molar-refractivity contribution is -0.385. The minimum Gasteiger partial charge on any atom is -0.349 e. The Morgan fingerprint density at radius 1 is 1.27 bits per heavy atom. The Morgan fingerprint density at radius 3 is 2.81 bits per heavy atom. The summed E-state index contributed by atoms with van der Waals surface area (Å²) in [6.45, 7) is 1.86. The largest absolute Gasteiger partial charge is 0.349 e. The molecule has 2 amide bonds. The normalized spacial score (nSPS) is 14.1. The summed E-state index contributed by atoms with van der Waals surface area (Å²) >= 11 is 0. The monoisotopic (exact) mass is 353 g/mol. The van der Waals surface area contributed by atoms with Crippen molar-refractivity contribution in [2.75, 3.05) is 5.32 Å². The molecule has 0 spiro atoms. The van der Waals surface area contributed by atoms with E-state index in [9.17, 15) is 19.7 Å². The van der Waals surface area contributed by atoms with Gasteiger partial charge in [0, 0.05) is 23.7 Å². The van der Waals surface area contributed by atoms with E-state index in [2.05, 4.69) is 10.6 Å². The molecule has 3 rings (SSSR count). The summed E-state index contributed by atoms with van der Waals surface area (Å²) in [7, 11) is 0. The number of nitro benzene ring substituents is 1. The molecule has 1 aliphatic rings. The quantitative estimate of drug-likeness (QED) is 0.637. The van der Waals surface area contributed by atoms with Gasteiger partial charge < -0.3 is 10.6 Å². The summed E-state index contributed by atoms with van der Waals surface area (Å²) in [5.74, 6) is -0.270. The van der Waals surface area contributed by atoms with Gasteiger partial charge in [0.05, 0.1) is 17.4 Å². The molecule has 7 heteroatoms. The number of nitrogens with zero attached hydrogens (tertiary/aromatic N) is 1. The number of rotatable bonds is 5. The first-order chi connectivity index (χ1) is 12.4. The van der Waals surface area contributed by atoms with Crippen LogP contribution in [0.5, 0.6) is 0 Å². The van der Waals surface area contributed by atoms with Crippen molar-refractivity contribution in [3.8, 4) is 0 Å². The van der Waals surface area contributed by atoms with Gasteiger partial charge in [0.2, 0.25) is 11.8 Å². The molecule has 1 aliphatic heterocycles. The Bertz CT molecular complexity index is 879. The molecule has 0 aromatic heterocycles. The van der Waals surface area contributed by atoms with Crippen molar-refractivity contribution in [2.45, 2.75) is 32.2 Å². The molecule has 1 atom stereocenters. The van der Waals surface area contributed by atoms with Crippen molar-refractivity contribution in [1.29, 1.82) is 0 Å². The van der Waals surface area contributed by atoms with Gasteiger partial charge in [-0.15, -0.1) is 0 Å². The topological polar surface area (TPSA) is 101 Å². The van der Waals surface area contributed by atoms with E-state index in [1.54, 1.807) is 18.2 Å². The van der Waals surface area contributed by atoms with Crippen molar-refractivity contribution < 1.29 is 14.5 Å². The second-order valence-corrected chi connectivity index (χ2v) is 6.32. The zero-order valence-corrected chi connectivity index (χ0v) is 14.3. The van der Waals surface area contributed by atoms with E-state index in [0.717, 1.165) is 16.8 Å². The van der Waals surface area contributed by atoms with Gasteiger partial charge in [0.15, 0.2) is 0 Å². The van der Waals surface area contributed by atoms with E-state index < -0.39 is 4.92 Å². The highest BCUT2D eigenvalue weighted by Gasteiger charge is 2.19. The number of carbonyl (C=O) groups excluding carboxylic acids is 2. The lowest BCUT2D eigenvalue weighted by Gasteiger charge is -2.20. The molecule has 1 heterocycles. The van der Waals surface area contributed by atoms with Gasteiger partial charge in [-0.2, -0.15) is 0 Å². The maximum atomic E-state index is 12.3. The van der Waals surface area contributed by atoms with Gasteiger partial charge >= 0.3 is 0 Å². The van der Waals surface area contributed by atoms with Gasteiger partial charge in [-0.05, 0) is 30.5 Å². The van der Waals surface area contributed by atoms with Crippen LogP contribution in [-0.2, 0) is 22.4 Å². The number of benzene rings is 2. The molecule has 2 N–H and O–H groups in total. The number of carbonyl (C=O) groups is 2.